The lowest BCUT2D eigenvalue weighted by Crippen LogP contribution is -2.37. The first-order chi connectivity index (χ1) is 11.5. The second-order valence-corrected chi connectivity index (χ2v) is 8.01. The quantitative estimate of drug-likeness (QED) is 0.785. The van der Waals surface area contributed by atoms with Crippen LogP contribution in [0.4, 0.5) is 0 Å². The highest BCUT2D eigenvalue weighted by molar-refractivity contribution is 5.79. The van der Waals surface area contributed by atoms with Gasteiger partial charge in [-0.15, -0.1) is 0 Å². The molecule has 0 bridgehead atoms. The van der Waals surface area contributed by atoms with E-state index in [1.54, 1.807) is 0 Å². The SMILES string of the molecule is CC(C)n1cc2c(n1)CN(C(=O)CN1CC3CC(C=O)CC3C1)C2. The van der Waals surface area contributed by atoms with Gasteiger partial charge >= 0.3 is 0 Å². The maximum atomic E-state index is 12.6. The summed E-state index contributed by atoms with van der Waals surface area (Å²) in [6.45, 7) is 8.01. The maximum Gasteiger partial charge on any atom is 0.237 e. The van der Waals surface area contributed by atoms with Crippen LogP contribution >= 0.6 is 0 Å². The standard InChI is InChI=1S/C18H26N4O2/c1-12(2)22-8-16-7-21(9-17(16)19-22)18(24)10-20-5-14-3-13(11-23)4-15(14)6-20/h8,11-15H,3-7,9-10H2,1-2H3. The third kappa shape index (κ3) is 2.77. The minimum absolute atomic E-state index is 0.205. The molecule has 130 valence electrons. The van der Waals surface area contributed by atoms with E-state index in [1.807, 2.05) is 9.58 Å². The van der Waals surface area contributed by atoms with E-state index in [9.17, 15) is 9.59 Å². The van der Waals surface area contributed by atoms with Crippen molar-refractivity contribution >= 4 is 12.2 Å². The van der Waals surface area contributed by atoms with Crippen molar-refractivity contribution < 1.29 is 9.59 Å². The zero-order valence-corrected chi connectivity index (χ0v) is 14.5. The minimum Gasteiger partial charge on any atom is -0.331 e. The number of hydrogen-bond donors (Lipinski definition) is 0. The van der Waals surface area contributed by atoms with Crippen LogP contribution in [0.2, 0.25) is 0 Å². The van der Waals surface area contributed by atoms with E-state index in [0.717, 1.165) is 37.9 Å². The summed E-state index contributed by atoms with van der Waals surface area (Å²) < 4.78 is 1.98. The molecule has 1 aromatic rings. The van der Waals surface area contributed by atoms with Crippen LogP contribution in [0.5, 0.6) is 0 Å². The summed E-state index contributed by atoms with van der Waals surface area (Å²) in [7, 11) is 0. The number of hydrogen-bond acceptors (Lipinski definition) is 4. The van der Waals surface area contributed by atoms with Crippen LogP contribution in [0.25, 0.3) is 0 Å². The lowest BCUT2D eigenvalue weighted by atomic mass is 10.0. The summed E-state index contributed by atoms with van der Waals surface area (Å²) in [5.41, 5.74) is 2.23. The first kappa shape index (κ1) is 15.8. The molecule has 1 saturated heterocycles. The van der Waals surface area contributed by atoms with E-state index >= 15 is 0 Å². The van der Waals surface area contributed by atoms with E-state index in [2.05, 4.69) is 30.0 Å². The van der Waals surface area contributed by atoms with Crippen LogP contribution in [0.15, 0.2) is 6.20 Å². The average molecular weight is 330 g/mol. The molecule has 0 N–H and O–H groups in total. The number of rotatable bonds is 4. The summed E-state index contributed by atoms with van der Waals surface area (Å²) in [4.78, 5) is 27.8. The molecule has 2 aliphatic heterocycles. The molecule has 1 amide bonds. The Morgan fingerprint density at radius 3 is 2.58 bits per heavy atom. The maximum absolute atomic E-state index is 12.6. The van der Waals surface area contributed by atoms with Gasteiger partial charge in [-0.2, -0.15) is 5.10 Å². The highest BCUT2D eigenvalue weighted by atomic mass is 16.2. The van der Waals surface area contributed by atoms with Crippen LogP contribution in [0, 0.1) is 17.8 Å². The summed E-state index contributed by atoms with van der Waals surface area (Å²) in [5.74, 6) is 1.68. The fourth-order valence-corrected chi connectivity index (χ4v) is 4.59. The molecule has 0 spiro atoms. The Morgan fingerprint density at radius 2 is 2.00 bits per heavy atom. The van der Waals surface area contributed by atoms with Crippen LogP contribution < -0.4 is 0 Å². The zero-order chi connectivity index (χ0) is 16.8. The summed E-state index contributed by atoms with van der Waals surface area (Å²) >= 11 is 0. The van der Waals surface area contributed by atoms with Crippen molar-refractivity contribution in [3.63, 3.8) is 0 Å². The minimum atomic E-state index is 0.205. The molecule has 1 aromatic heterocycles. The third-order valence-electron chi connectivity index (χ3n) is 5.89. The first-order valence-corrected chi connectivity index (χ1v) is 9.05. The molecule has 4 rings (SSSR count). The van der Waals surface area contributed by atoms with Crippen LogP contribution in [-0.2, 0) is 22.7 Å². The van der Waals surface area contributed by atoms with Crippen molar-refractivity contribution in [3.8, 4) is 0 Å². The van der Waals surface area contributed by atoms with Crippen molar-refractivity contribution in [1.82, 2.24) is 19.6 Å². The fraction of sp³-hybridized carbons (Fsp3) is 0.722. The average Bonchev–Trinajstić information content (AvgIpc) is 3.23. The molecule has 0 aromatic carbocycles. The number of aldehydes is 1. The van der Waals surface area contributed by atoms with Gasteiger partial charge in [-0.25, -0.2) is 0 Å². The van der Waals surface area contributed by atoms with Crippen LogP contribution in [0.1, 0.15) is 44.0 Å². The van der Waals surface area contributed by atoms with Gasteiger partial charge in [0.1, 0.15) is 6.29 Å². The Morgan fingerprint density at radius 1 is 1.29 bits per heavy atom. The Kier molecular flexibility index (Phi) is 3.95. The molecule has 6 heteroatoms. The topological polar surface area (TPSA) is 58.4 Å². The molecule has 3 heterocycles. The molecule has 2 unspecified atom stereocenters. The van der Waals surface area contributed by atoms with Gasteiger partial charge in [0.05, 0.1) is 18.8 Å². The van der Waals surface area contributed by atoms with Crippen LogP contribution in [-0.4, -0.2) is 51.4 Å². The van der Waals surface area contributed by atoms with E-state index in [4.69, 9.17) is 0 Å². The van der Waals surface area contributed by atoms with Gasteiger partial charge in [0.15, 0.2) is 0 Å². The Labute approximate surface area is 142 Å². The van der Waals surface area contributed by atoms with Crippen molar-refractivity contribution in [2.75, 3.05) is 19.6 Å². The number of aromatic nitrogens is 2. The summed E-state index contributed by atoms with van der Waals surface area (Å²) in [5, 5.41) is 4.60. The number of fused-ring (bicyclic) bond motifs is 2. The normalized spacial score (nSPS) is 29.3. The second kappa shape index (κ2) is 5.99. The zero-order valence-electron chi connectivity index (χ0n) is 14.5. The Bertz CT molecular complexity index is 616. The molecule has 2 fully saturated rings. The molecule has 1 saturated carbocycles. The lowest BCUT2D eigenvalue weighted by molar-refractivity contribution is -0.133. The van der Waals surface area contributed by atoms with Gasteiger partial charge in [-0.05, 0) is 38.5 Å². The number of nitrogens with zero attached hydrogens (tertiary/aromatic N) is 4. The van der Waals surface area contributed by atoms with Gasteiger partial charge in [0.25, 0.3) is 0 Å². The van der Waals surface area contributed by atoms with Gasteiger partial charge in [0.2, 0.25) is 5.91 Å². The van der Waals surface area contributed by atoms with Crippen molar-refractivity contribution in [1.29, 1.82) is 0 Å². The van der Waals surface area contributed by atoms with E-state index in [0.29, 0.717) is 37.5 Å². The van der Waals surface area contributed by atoms with Crippen molar-refractivity contribution in [2.24, 2.45) is 17.8 Å². The highest BCUT2D eigenvalue weighted by Crippen LogP contribution is 2.40. The Hall–Kier alpha value is -1.69. The van der Waals surface area contributed by atoms with Gasteiger partial charge < -0.3 is 9.69 Å². The molecular formula is C18H26N4O2. The predicted molar refractivity (Wildman–Crippen MR) is 89.1 cm³/mol. The number of carbonyl (C=O) groups excluding carboxylic acids is 2. The number of carbonyl (C=O) groups is 2. The molecule has 2 atom stereocenters. The summed E-state index contributed by atoms with van der Waals surface area (Å²) in [6, 6.07) is 0.360. The number of likely N-dealkylation sites (tertiary alicyclic amines) is 1. The monoisotopic (exact) mass is 330 g/mol. The summed E-state index contributed by atoms with van der Waals surface area (Å²) in [6.07, 6.45) is 5.22. The smallest absolute Gasteiger partial charge is 0.237 e. The van der Waals surface area contributed by atoms with Crippen LogP contribution in [0.3, 0.4) is 0 Å². The second-order valence-electron chi connectivity index (χ2n) is 8.01. The van der Waals surface area contributed by atoms with E-state index in [1.165, 1.54) is 5.56 Å². The van der Waals surface area contributed by atoms with E-state index < -0.39 is 0 Å². The molecule has 24 heavy (non-hydrogen) atoms. The molecular weight excluding hydrogens is 304 g/mol. The molecule has 6 nitrogen and oxygen atoms in total. The number of amides is 1. The lowest BCUT2D eigenvalue weighted by Gasteiger charge is -2.22. The first-order valence-electron chi connectivity index (χ1n) is 9.05. The molecule has 0 radical (unpaired) electrons. The predicted octanol–water partition coefficient (Wildman–Crippen LogP) is 1.46. The van der Waals surface area contributed by atoms with Crippen molar-refractivity contribution in [2.45, 2.75) is 45.8 Å². The molecule has 3 aliphatic rings. The third-order valence-corrected chi connectivity index (χ3v) is 5.89. The molecule has 1 aliphatic carbocycles. The largest absolute Gasteiger partial charge is 0.331 e. The van der Waals surface area contributed by atoms with Gasteiger partial charge in [0, 0.05) is 43.4 Å². The van der Waals surface area contributed by atoms with Crippen molar-refractivity contribution in [3.05, 3.63) is 17.5 Å². The highest BCUT2D eigenvalue weighted by Gasteiger charge is 2.41. The van der Waals surface area contributed by atoms with Gasteiger partial charge in [-0.3, -0.25) is 14.4 Å². The Balaban J connectivity index is 1.31. The van der Waals surface area contributed by atoms with Gasteiger partial charge in [-0.1, -0.05) is 0 Å². The van der Waals surface area contributed by atoms with E-state index in [-0.39, 0.29) is 11.8 Å². The fourth-order valence-electron chi connectivity index (χ4n) is 4.59.